The third kappa shape index (κ3) is 7.12. The smallest absolute Gasteiger partial charge is 0.425 e. The summed E-state index contributed by atoms with van der Waals surface area (Å²) in [6.07, 6.45) is -6.33. The van der Waals surface area contributed by atoms with Gasteiger partial charge in [0.05, 0.1) is 10.6 Å². The van der Waals surface area contributed by atoms with E-state index in [2.05, 4.69) is 10.1 Å². The second kappa shape index (κ2) is 11.9. The number of hydrogen-bond donors (Lipinski definition) is 1. The molecule has 0 bridgehead atoms. The number of likely N-dealkylation sites (N-methyl/N-ethyl adjacent to an activating group) is 1. The van der Waals surface area contributed by atoms with E-state index in [-0.39, 0.29) is 28.6 Å². The fourth-order valence-electron chi connectivity index (χ4n) is 2.58. The van der Waals surface area contributed by atoms with Gasteiger partial charge in [-0.3, -0.25) is 4.79 Å². The zero-order valence-corrected chi connectivity index (χ0v) is 19.6. The van der Waals surface area contributed by atoms with Gasteiger partial charge in [0.2, 0.25) is 12.3 Å². The van der Waals surface area contributed by atoms with Crippen LogP contribution in [0.2, 0.25) is 5.02 Å². The number of ether oxygens (including phenoxy) is 1. The number of carbonyl (C=O) groups excluding carboxylic acids is 1. The van der Waals surface area contributed by atoms with E-state index in [1.807, 2.05) is 0 Å². The molecule has 1 aromatic heterocycles. The van der Waals surface area contributed by atoms with Crippen LogP contribution in [0.1, 0.15) is 25.0 Å². The molecule has 0 aliphatic rings. The van der Waals surface area contributed by atoms with E-state index in [1.54, 1.807) is 14.0 Å². The zero-order valence-electron chi connectivity index (χ0n) is 18.9. The average Bonchev–Trinajstić information content (AvgIpc) is 2.81. The van der Waals surface area contributed by atoms with Gasteiger partial charge in [0.25, 0.3) is 0 Å². The molecule has 13 heteroatoms. The third-order valence-corrected chi connectivity index (χ3v) is 5.07. The molecule has 0 fully saturated rings. The van der Waals surface area contributed by atoms with Gasteiger partial charge in [-0.25, -0.2) is 8.78 Å². The van der Waals surface area contributed by atoms with Crippen molar-refractivity contribution in [3.8, 4) is 5.88 Å². The van der Waals surface area contributed by atoms with E-state index in [1.165, 1.54) is 17.0 Å². The molecule has 0 spiro atoms. The van der Waals surface area contributed by atoms with Crippen LogP contribution < -0.4 is 9.75 Å². The molecule has 2 rings (SSSR count). The number of amides is 1. The Morgan fingerprint density at radius 3 is 2.54 bits per heavy atom. The summed E-state index contributed by atoms with van der Waals surface area (Å²) in [6, 6.07) is 5.72. The van der Waals surface area contributed by atoms with E-state index < -0.39 is 42.0 Å². The summed E-state index contributed by atoms with van der Waals surface area (Å²) in [5.74, 6) is -3.15. The van der Waals surface area contributed by atoms with Crippen molar-refractivity contribution < 1.29 is 36.6 Å². The van der Waals surface area contributed by atoms with Crippen LogP contribution in [-0.2, 0) is 4.79 Å². The van der Waals surface area contributed by atoms with Gasteiger partial charge in [-0.05, 0) is 44.2 Å². The fraction of sp³-hybridized carbons (Fsp3) is 0.318. The van der Waals surface area contributed by atoms with Crippen LogP contribution in [0.4, 0.5) is 27.8 Å². The molecule has 7 nitrogen and oxygen atoms in total. The number of halogens is 6. The van der Waals surface area contributed by atoms with Gasteiger partial charge in [0.15, 0.2) is 17.8 Å². The van der Waals surface area contributed by atoms with Gasteiger partial charge in [0.1, 0.15) is 18.3 Å². The van der Waals surface area contributed by atoms with Gasteiger partial charge in [-0.2, -0.15) is 23.2 Å². The van der Waals surface area contributed by atoms with E-state index in [9.17, 15) is 27.5 Å². The largest absolute Gasteiger partial charge is 0.464 e. The number of hydrogen-bond acceptors (Lipinski definition) is 5. The minimum Gasteiger partial charge on any atom is -0.464 e. The second-order valence-corrected chi connectivity index (χ2v) is 7.50. The molecule has 1 atom stereocenters. The summed E-state index contributed by atoms with van der Waals surface area (Å²) < 4.78 is 73.5. The summed E-state index contributed by atoms with van der Waals surface area (Å²) in [7, 11) is 1.59. The molecule has 190 valence electrons. The molecule has 0 aliphatic heterocycles. The normalized spacial score (nSPS) is 13.4. The molecule has 1 aromatic carbocycles. The highest BCUT2D eigenvalue weighted by atomic mass is 35.5. The van der Waals surface area contributed by atoms with Crippen molar-refractivity contribution in [1.82, 2.24) is 9.88 Å². The third-order valence-electron chi connectivity index (χ3n) is 4.74. The highest BCUT2D eigenvalue weighted by Crippen LogP contribution is 2.34. The predicted molar refractivity (Wildman–Crippen MR) is 122 cm³/mol. The number of hydrazone groups is 1. The highest BCUT2D eigenvalue weighted by molar-refractivity contribution is 6.32. The van der Waals surface area contributed by atoms with Crippen molar-refractivity contribution >= 4 is 41.6 Å². The maximum atomic E-state index is 15.1. The summed E-state index contributed by atoms with van der Waals surface area (Å²) in [5.41, 5.74) is -0.882. The number of benzene rings is 1. The van der Waals surface area contributed by atoms with E-state index in [0.29, 0.717) is 24.6 Å². The van der Waals surface area contributed by atoms with Gasteiger partial charge in [-0.1, -0.05) is 17.7 Å². The van der Waals surface area contributed by atoms with Crippen molar-refractivity contribution in [3.63, 3.8) is 0 Å². The first-order chi connectivity index (χ1) is 16.4. The number of carbonyl (C=O) groups is 1. The van der Waals surface area contributed by atoms with Crippen LogP contribution in [0.5, 0.6) is 5.88 Å². The number of aliphatic hydroxyl groups excluding tert-OH is 1. The van der Waals surface area contributed by atoms with Crippen molar-refractivity contribution in [2.45, 2.75) is 26.1 Å². The van der Waals surface area contributed by atoms with Gasteiger partial charge >= 0.3 is 6.18 Å². The van der Waals surface area contributed by atoms with Gasteiger partial charge in [0, 0.05) is 19.2 Å². The minimum atomic E-state index is -4.82. The molecule has 1 amide bonds. The molecule has 35 heavy (non-hydrogen) atoms. The molecule has 0 saturated carbocycles. The van der Waals surface area contributed by atoms with Gasteiger partial charge < -0.3 is 14.7 Å². The molecule has 0 saturated heterocycles. The highest BCUT2D eigenvalue weighted by Gasteiger charge is 2.39. The van der Waals surface area contributed by atoms with Crippen LogP contribution in [0.3, 0.4) is 0 Å². The number of pyridine rings is 1. The number of rotatable bonds is 9. The number of anilines is 1. The summed E-state index contributed by atoms with van der Waals surface area (Å²) >= 11 is 5.90. The molecular weight excluding hydrogens is 499 g/mol. The molecule has 0 unspecified atom stereocenters. The molecule has 0 radical (unpaired) electrons. The van der Waals surface area contributed by atoms with Crippen molar-refractivity contribution in [2.75, 3.05) is 25.2 Å². The lowest BCUT2D eigenvalue weighted by Crippen LogP contribution is -2.33. The molecule has 0 aliphatic carbocycles. The topological polar surface area (TPSA) is 78.3 Å². The Bertz CT molecular complexity index is 1090. The van der Waals surface area contributed by atoms with Crippen LogP contribution in [0.25, 0.3) is 11.9 Å². The SMILES string of the molecule is CCN(C)/C(CO)=N\N(C=O)c1ccc(/C(F)=C/c2c(F)cccc2Cl)c(O[C@@H](C)C(F)(F)F)n1. The lowest BCUT2D eigenvalue weighted by atomic mass is 10.1. The molecular formula is C22H22ClF5N4O3. The Hall–Kier alpha value is -3.25. The Morgan fingerprint density at radius 2 is 2.00 bits per heavy atom. The lowest BCUT2D eigenvalue weighted by Gasteiger charge is -2.22. The number of alkyl halides is 3. The van der Waals surface area contributed by atoms with Gasteiger partial charge in [-0.15, -0.1) is 5.10 Å². The number of nitrogens with zero attached hydrogens (tertiary/aromatic N) is 4. The lowest BCUT2D eigenvalue weighted by molar-refractivity contribution is -0.190. The number of aromatic nitrogens is 1. The summed E-state index contributed by atoms with van der Waals surface area (Å²) in [6.45, 7) is 2.31. The maximum absolute atomic E-state index is 15.1. The van der Waals surface area contributed by atoms with Crippen LogP contribution in [0, 0.1) is 5.82 Å². The number of aliphatic hydroxyl groups is 1. The predicted octanol–water partition coefficient (Wildman–Crippen LogP) is 4.89. The van der Waals surface area contributed by atoms with E-state index in [0.717, 1.165) is 18.2 Å². The monoisotopic (exact) mass is 520 g/mol. The first kappa shape index (κ1) is 28.0. The maximum Gasteiger partial charge on any atom is 0.425 e. The Balaban J connectivity index is 2.62. The van der Waals surface area contributed by atoms with Crippen LogP contribution in [-0.4, -0.2) is 59.7 Å². The van der Waals surface area contributed by atoms with Crippen molar-refractivity contribution in [3.05, 3.63) is 52.3 Å². The Morgan fingerprint density at radius 1 is 1.31 bits per heavy atom. The zero-order chi connectivity index (χ0) is 26.3. The quantitative estimate of drug-likeness (QED) is 0.167. The summed E-state index contributed by atoms with van der Waals surface area (Å²) in [5, 5.41) is 13.9. The van der Waals surface area contributed by atoms with Crippen molar-refractivity contribution in [2.24, 2.45) is 5.10 Å². The fourth-order valence-corrected chi connectivity index (χ4v) is 2.80. The second-order valence-electron chi connectivity index (χ2n) is 7.09. The van der Waals surface area contributed by atoms with Crippen LogP contribution in [0.15, 0.2) is 35.4 Å². The molecule has 1 heterocycles. The first-order valence-electron chi connectivity index (χ1n) is 10.1. The van der Waals surface area contributed by atoms with E-state index >= 15 is 4.39 Å². The molecule has 2 aromatic rings. The molecule has 1 N–H and O–H groups in total. The Kier molecular flexibility index (Phi) is 9.55. The van der Waals surface area contributed by atoms with Crippen molar-refractivity contribution in [1.29, 1.82) is 0 Å². The van der Waals surface area contributed by atoms with E-state index in [4.69, 9.17) is 16.3 Å². The Labute approximate surface area is 203 Å². The summed E-state index contributed by atoms with van der Waals surface area (Å²) in [4.78, 5) is 17.0. The standard InChI is InChI=1S/C22H22ClF5N4O3/c1-4-31(3)20(11-33)30-32(12-34)19-9-8-14(21(29-19)35-13(2)22(26,27)28)18(25)10-15-16(23)6-5-7-17(15)24/h5-10,12-13,33H,4,11H2,1-3H3/b18-10-,30-20-/t13-/m0/s1. The van der Waals surface area contributed by atoms with Crippen LogP contribution >= 0.6 is 11.6 Å². The average molecular weight is 521 g/mol. The first-order valence-corrected chi connectivity index (χ1v) is 10.5. The number of amidine groups is 1. The minimum absolute atomic E-state index is 0.0527.